The zero-order chi connectivity index (χ0) is 30.9. The van der Waals surface area contributed by atoms with Crippen molar-refractivity contribution in [2.75, 3.05) is 6.54 Å². The van der Waals surface area contributed by atoms with Crippen molar-refractivity contribution in [2.45, 2.75) is 71.1 Å². The van der Waals surface area contributed by atoms with Crippen LogP contribution in [0.25, 0.3) is 0 Å². The molecule has 2 aromatic rings. The number of hydrogen-bond acceptors (Lipinski definition) is 4. The summed E-state index contributed by atoms with van der Waals surface area (Å²) in [4.78, 5) is 40.0. The Hall–Kier alpha value is -2.66. The van der Waals surface area contributed by atoms with Crippen molar-refractivity contribution in [1.82, 2.24) is 14.7 Å². The molecule has 42 heavy (non-hydrogen) atoms. The summed E-state index contributed by atoms with van der Waals surface area (Å²) in [6.45, 7) is 5.22. The van der Waals surface area contributed by atoms with Crippen LogP contribution in [-0.2, 0) is 11.0 Å². The van der Waals surface area contributed by atoms with Crippen molar-refractivity contribution in [3.63, 3.8) is 0 Å². The lowest BCUT2D eigenvalue weighted by Gasteiger charge is -2.33. The molecule has 1 aromatic heterocycles. The third kappa shape index (κ3) is 5.31. The maximum absolute atomic E-state index is 14.6. The van der Waals surface area contributed by atoms with Gasteiger partial charge in [-0.2, -0.15) is 18.3 Å². The van der Waals surface area contributed by atoms with Gasteiger partial charge in [0, 0.05) is 6.04 Å². The summed E-state index contributed by atoms with van der Waals surface area (Å²) in [6.07, 6.45) is -2.59. The minimum absolute atomic E-state index is 0.0396. The number of amides is 1. The highest BCUT2D eigenvalue weighted by Crippen LogP contribution is 2.67. The topological polar surface area (TPSA) is 92.5 Å². The van der Waals surface area contributed by atoms with Gasteiger partial charge in [-0.05, 0) is 67.4 Å². The molecule has 1 aromatic carbocycles. The number of rotatable bonds is 7. The van der Waals surface area contributed by atoms with Crippen LogP contribution in [-0.4, -0.2) is 50.0 Å². The van der Waals surface area contributed by atoms with Crippen LogP contribution in [0.4, 0.5) is 17.6 Å². The van der Waals surface area contributed by atoms with Gasteiger partial charge in [0.2, 0.25) is 0 Å². The molecule has 1 amide bonds. The third-order valence-electron chi connectivity index (χ3n) is 9.78. The van der Waals surface area contributed by atoms with Gasteiger partial charge in [0.25, 0.3) is 5.91 Å². The van der Waals surface area contributed by atoms with E-state index in [0.29, 0.717) is 12.8 Å². The number of aromatic nitrogens is 2. The Kier molecular flexibility index (Phi) is 7.92. The van der Waals surface area contributed by atoms with Gasteiger partial charge in [0.15, 0.2) is 11.5 Å². The van der Waals surface area contributed by atoms with Gasteiger partial charge in [-0.1, -0.05) is 44.0 Å². The lowest BCUT2D eigenvalue weighted by Crippen LogP contribution is -2.44. The molecule has 3 saturated carbocycles. The van der Waals surface area contributed by atoms with Crippen LogP contribution < -0.4 is 0 Å². The molecule has 0 spiro atoms. The summed E-state index contributed by atoms with van der Waals surface area (Å²) >= 11 is 12.2. The molecule has 3 aliphatic rings. The van der Waals surface area contributed by atoms with E-state index < -0.39 is 76.4 Å². The van der Waals surface area contributed by atoms with E-state index >= 15 is 0 Å². The fraction of sp³-hybridized carbons (Fsp3) is 0.586. The second-order valence-corrected chi connectivity index (χ2v) is 13.3. The lowest BCUT2D eigenvalue weighted by atomic mass is 9.78. The van der Waals surface area contributed by atoms with E-state index in [1.165, 1.54) is 0 Å². The van der Waals surface area contributed by atoms with Crippen molar-refractivity contribution in [2.24, 2.45) is 29.1 Å². The van der Waals surface area contributed by atoms with E-state index in [9.17, 15) is 37.1 Å². The first-order chi connectivity index (χ1) is 19.5. The van der Waals surface area contributed by atoms with Crippen LogP contribution in [0.5, 0.6) is 0 Å². The molecule has 13 heteroatoms. The number of alkyl halides is 3. The number of carboxylic acids is 1. The SMILES string of the molecule is CC1CC(n2ncc(C(=O)N(CC(=O)c3c(Cl)ccc(F)c3Cl)[C@@H]3C[C@@H]4[C@H](C3)C4(C)C)c2C(F)(F)F)CCC1C(=O)O. The summed E-state index contributed by atoms with van der Waals surface area (Å²) in [5.41, 5.74) is -2.23. The number of carbonyl (C=O) groups is 3. The number of hydrogen-bond donors (Lipinski definition) is 1. The molecule has 0 radical (unpaired) electrons. The number of aliphatic carboxylic acids is 1. The van der Waals surface area contributed by atoms with Crippen molar-refractivity contribution in [3.8, 4) is 0 Å². The maximum atomic E-state index is 14.6. The van der Waals surface area contributed by atoms with Crippen LogP contribution in [0.1, 0.15) is 85.3 Å². The second-order valence-electron chi connectivity index (χ2n) is 12.5. The molecule has 0 aliphatic heterocycles. The van der Waals surface area contributed by atoms with Gasteiger partial charge in [-0.25, -0.2) is 4.39 Å². The van der Waals surface area contributed by atoms with Gasteiger partial charge in [0.05, 0.1) is 45.9 Å². The third-order valence-corrected chi connectivity index (χ3v) is 10.5. The van der Waals surface area contributed by atoms with Gasteiger partial charge < -0.3 is 10.0 Å². The number of carboxylic acid groups (broad SMARTS) is 1. The van der Waals surface area contributed by atoms with Crippen LogP contribution in [0, 0.1) is 34.9 Å². The average Bonchev–Trinajstić information content (AvgIpc) is 3.33. The van der Waals surface area contributed by atoms with Gasteiger partial charge in [-0.3, -0.25) is 19.1 Å². The van der Waals surface area contributed by atoms with E-state index in [0.717, 1.165) is 27.9 Å². The summed E-state index contributed by atoms with van der Waals surface area (Å²) < 4.78 is 58.7. The fourth-order valence-corrected chi connectivity index (χ4v) is 7.88. The largest absolute Gasteiger partial charge is 0.481 e. The number of nitrogens with zero attached hydrogens (tertiary/aromatic N) is 3. The van der Waals surface area contributed by atoms with Crippen LogP contribution in [0.2, 0.25) is 10.0 Å². The van der Waals surface area contributed by atoms with E-state index in [1.807, 2.05) is 0 Å². The standard InChI is InChI=1S/C29H31Cl2F4N3O4/c1-13-8-14(4-5-16(13)27(41)42)38-25(29(33,34)35)17(11-36-38)26(40)37(15-9-18-19(10-15)28(18,2)3)12-22(39)23-20(30)6-7-21(32)24(23)31/h6-7,11,13-16,18-19H,4-5,8-10,12H2,1-3H3,(H,41,42)/t13?,14?,15-,16?,18-,19+. The first-order valence-electron chi connectivity index (χ1n) is 13.9. The molecule has 1 N–H and O–H groups in total. The minimum atomic E-state index is -4.96. The molecule has 3 aliphatic carbocycles. The van der Waals surface area contributed by atoms with Gasteiger partial charge in [-0.15, -0.1) is 0 Å². The summed E-state index contributed by atoms with van der Waals surface area (Å²) in [7, 11) is 0. The van der Waals surface area contributed by atoms with Crippen molar-refractivity contribution >= 4 is 40.9 Å². The Morgan fingerprint density at radius 1 is 1.12 bits per heavy atom. The fourth-order valence-electron chi connectivity index (χ4n) is 7.30. The smallest absolute Gasteiger partial charge is 0.433 e. The lowest BCUT2D eigenvalue weighted by molar-refractivity contribution is -0.149. The summed E-state index contributed by atoms with van der Waals surface area (Å²) in [5.74, 6) is -4.25. The highest BCUT2D eigenvalue weighted by Gasteiger charge is 2.63. The van der Waals surface area contributed by atoms with E-state index in [2.05, 4.69) is 18.9 Å². The van der Waals surface area contributed by atoms with Crippen LogP contribution in [0.3, 0.4) is 0 Å². The monoisotopic (exact) mass is 631 g/mol. The predicted octanol–water partition coefficient (Wildman–Crippen LogP) is 7.17. The summed E-state index contributed by atoms with van der Waals surface area (Å²) in [5, 5.41) is 12.8. The summed E-state index contributed by atoms with van der Waals surface area (Å²) in [6, 6.07) is 0.868. The highest BCUT2D eigenvalue weighted by atomic mass is 35.5. The van der Waals surface area contributed by atoms with Gasteiger partial charge >= 0.3 is 12.1 Å². The van der Waals surface area contributed by atoms with Crippen molar-refractivity contribution in [1.29, 1.82) is 0 Å². The van der Waals surface area contributed by atoms with E-state index in [1.54, 1.807) is 6.92 Å². The zero-order valence-electron chi connectivity index (χ0n) is 23.2. The van der Waals surface area contributed by atoms with Crippen LogP contribution in [0.15, 0.2) is 18.3 Å². The molecule has 1 heterocycles. The molecular weight excluding hydrogens is 601 g/mol. The number of halogens is 6. The zero-order valence-corrected chi connectivity index (χ0v) is 24.7. The number of carbonyl (C=O) groups excluding carboxylic acids is 2. The van der Waals surface area contributed by atoms with Gasteiger partial charge in [0.1, 0.15) is 5.82 Å². The number of Topliss-reactive ketones (excluding diaryl/α,β-unsaturated/α-hetero) is 1. The highest BCUT2D eigenvalue weighted by molar-refractivity contribution is 6.40. The molecule has 0 bridgehead atoms. The molecule has 7 nitrogen and oxygen atoms in total. The number of benzene rings is 1. The van der Waals surface area contributed by atoms with Crippen LogP contribution >= 0.6 is 23.2 Å². The normalized spacial score (nSPS) is 28.3. The average molecular weight is 632 g/mol. The molecule has 0 saturated heterocycles. The maximum Gasteiger partial charge on any atom is 0.433 e. The molecular formula is C29H31Cl2F4N3O4. The Labute approximate surface area is 250 Å². The van der Waals surface area contributed by atoms with E-state index in [-0.39, 0.29) is 47.1 Å². The molecule has 228 valence electrons. The molecule has 5 rings (SSSR count). The van der Waals surface area contributed by atoms with Crippen molar-refractivity contribution in [3.05, 3.63) is 51.0 Å². The second kappa shape index (κ2) is 10.8. The molecule has 6 atom stereocenters. The first kappa shape index (κ1) is 30.8. The van der Waals surface area contributed by atoms with E-state index in [4.69, 9.17) is 23.2 Å². The Morgan fingerprint density at radius 2 is 1.76 bits per heavy atom. The quantitative estimate of drug-likeness (QED) is 0.199. The predicted molar refractivity (Wildman–Crippen MR) is 146 cm³/mol. The Balaban J connectivity index is 1.50. The van der Waals surface area contributed by atoms with Crippen molar-refractivity contribution < 1.29 is 37.1 Å². The number of fused-ring (bicyclic) bond motifs is 1. The first-order valence-corrected chi connectivity index (χ1v) is 14.6. The minimum Gasteiger partial charge on any atom is -0.481 e. The Morgan fingerprint density at radius 3 is 2.33 bits per heavy atom. The Bertz CT molecular complexity index is 1430. The molecule has 3 fully saturated rings. The number of ketones is 1. The molecule has 3 unspecified atom stereocenters.